The number of anilines is 1. The van der Waals surface area contributed by atoms with Crippen molar-refractivity contribution in [2.24, 2.45) is 0 Å². The van der Waals surface area contributed by atoms with Crippen molar-refractivity contribution < 1.29 is 22.3 Å². The number of carbonyl (C=O) groups is 1. The second kappa shape index (κ2) is 8.28. The summed E-state index contributed by atoms with van der Waals surface area (Å²) in [5, 5.41) is 2.62. The predicted molar refractivity (Wildman–Crippen MR) is 105 cm³/mol. The number of piperidine rings is 1. The fraction of sp³-hybridized carbons (Fsp3) is 0.350. The van der Waals surface area contributed by atoms with Crippen LogP contribution in [0.25, 0.3) is 0 Å². The van der Waals surface area contributed by atoms with Gasteiger partial charge in [-0.05, 0) is 49.6 Å². The van der Waals surface area contributed by atoms with E-state index in [0.717, 1.165) is 25.3 Å². The third kappa shape index (κ3) is 4.18. The predicted octanol–water partition coefficient (Wildman–Crippen LogP) is 3.57. The van der Waals surface area contributed by atoms with Gasteiger partial charge >= 0.3 is 0 Å². The molecule has 0 unspecified atom stereocenters. The van der Waals surface area contributed by atoms with Crippen molar-refractivity contribution in [3.63, 3.8) is 0 Å². The van der Waals surface area contributed by atoms with E-state index in [1.165, 1.54) is 35.7 Å². The number of methoxy groups -OCH3 is 1. The molecule has 3 rings (SSSR count). The maximum absolute atomic E-state index is 14.2. The van der Waals surface area contributed by atoms with Crippen LogP contribution in [0.4, 0.5) is 10.1 Å². The standard InChI is InChI=1S/C20H23FN2O4S/c1-14-6-8-16(28(25,26)23-10-4-3-5-11-23)13-19(14)22-20(24)17-9-7-15(27-2)12-18(17)21/h6-9,12-13H,3-5,10-11H2,1-2H3,(H,22,24). The normalized spacial score (nSPS) is 15.2. The molecule has 1 heterocycles. The number of amides is 1. The molecular formula is C20H23FN2O4S. The monoisotopic (exact) mass is 406 g/mol. The summed E-state index contributed by atoms with van der Waals surface area (Å²) in [6.45, 7) is 2.74. The molecule has 150 valence electrons. The first-order valence-electron chi connectivity index (χ1n) is 9.08. The van der Waals surface area contributed by atoms with Gasteiger partial charge in [0.25, 0.3) is 5.91 Å². The lowest BCUT2D eigenvalue weighted by molar-refractivity contribution is 0.102. The van der Waals surface area contributed by atoms with Crippen LogP contribution in [0, 0.1) is 12.7 Å². The largest absolute Gasteiger partial charge is 0.497 e. The summed E-state index contributed by atoms with van der Waals surface area (Å²) in [5.74, 6) is -1.07. The van der Waals surface area contributed by atoms with Gasteiger partial charge in [0.05, 0.1) is 17.6 Å². The van der Waals surface area contributed by atoms with Crippen molar-refractivity contribution in [3.05, 3.63) is 53.3 Å². The molecule has 0 spiro atoms. The molecule has 0 aliphatic carbocycles. The van der Waals surface area contributed by atoms with Crippen LogP contribution in [0.5, 0.6) is 5.75 Å². The van der Waals surface area contributed by atoms with Gasteiger partial charge in [0, 0.05) is 24.8 Å². The van der Waals surface area contributed by atoms with Crippen molar-refractivity contribution in [2.45, 2.75) is 31.1 Å². The van der Waals surface area contributed by atoms with Gasteiger partial charge in [0.15, 0.2) is 0 Å². The Morgan fingerprint density at radius 3 is 2.46 bits per heavy atom. The molecule has 1 N–H and O–H groups in total. The molecule has 0 bridgehead atoms. The van der Waals surface area contributed by atoms with Crippen LogP contribution in [-0.4, -0.2) is 38.8 Å². The Labute approximate surface area is 164 Å². The number of benzene rings is 2. The van der Waals surface area contributed by atoms with Gasteiger partial charge in [-0.25, -0.2) is 12.8 Å². The maximum Gasteiger partial charge on any atom is 0.258 e. The first kappa shape index (κ1) is 20.3. The lowest BCUT2D eigenvalue weighted by Crippen LogP contribution is -2.35. The van der Waals surface area contributed by atoms with E-state index in [1.807, 2.05) is 0 Å². The minimum atomic E-state index is -3.63. The zero-order chi connectivity index (χ0) is 20.3. The molecule has 0 radical (unpaired) electrons. The summed E-state index contributed by atoms with van der Waals surface area (Å²) in [5.41, 5.74) is 0.864. The summed E-state index contributed by atoms with van der Waals surface area (Å²) in [4.78, 5) is 12.6. The Balaban J connectivity index is 1.86. The van der Waals surface area contributed by atoms with Gasteiger partial charge in [-0.1, -0.05) is 12.5 Å². The average Bonchev–Trinajstić information content (AvgIpc) is 2.69. The van der Waals surface area contributed by atoms with Gasteiger partial charge < -0.3 is 10.1 Å². The number of halogens is 1. The average molecular weight is 406 g/mol. The smallest absolute Gasteiger partial charge is 0.258 e. The molecule has 1 aliphatic heterocycles. The Morgan fingerprint density at radius 1 is 1.11 bits per heavy atom. The molecule has 0 saturated carbocycles. The van der Waals surface area contributed by atoms with E-state index >= 15 is 0 Å². The van der Waals surface area contributed by atoms with Crippen molar-refractivity contribution in [1.29, 1.82) is 0 Å². The van der Waals surface area contributed by atoms with Crippen LogP contribution >= 0.6 is 0 Å². The van der Waals surface area contributed by atoms with E-state index < -0.39 is 21.7 Å². The van der Waals surface area contributed by atoms with Crippen molar-refractivity contribution >= 4 is 21.6 Å². The lowest BCUT2D eigenvalue weighted by Gasteiger charge is -2.26. The van der Waals surface area contributed by atoms with Crippen LogP contribution in [0.3, 0.4) is 0 Å². The minimum Gasteiger partial charge on any atom is -0.497 e. The van der Waals surface area contributed by atoms with Crippen LogP contribution in [0.15, 0.2) is 41.3 Å². The molecule has 2 aromatic carbocycles. The number of ether oxygens (including phenoxy) is 1. The third-order valence-electron chi connectivity index (χ3n) is 4.83. The van der Waals surface area contributed by atoms with Crippen LogP contribution < -0.4 is 10.1 Å². The first-order valence-corrected chi connectivity index (χ1v) is 10.5. The van der Waals surface area contributed by atoms with E-state index in [2.05, 4.69) is 5.32 Å². The Hall–Kier alpha value is -2.45. The first-order chi connectivity index (χ1) is 13.3. The van der Waals surface area contributed by atoms with Crippen molar-refractivity contribution in [3.8, 4) is 5.75 Å². The highest BCUT2D eigenvalue weighted by Gasteiger charge is 2.26. The van der Waals surface area contributed by atoms with Gasteiger partial charge in [-0.3, -0.25) is 4.79 Å². The summed E-state index contributed by atoms with van der Waals surface area (Å²) >= 11 is 0. The van der Waals surface area contributed by atoms with Crippen LogP contribution in [0.1, 0.15) is 35.2 Å². The molecule has 6 nitrogen and oxygen atoms in total. The van der Waals surface area contributed by atoms with Crippen LogP contribution in [0.2, 0.25) is 0 Å². The molecule has 0 aromatic heterocycles. The van der Waals surface area contributed by atoms with E-state index in [0.29, 0.717) is 30.1 Å². The molecule has 1 amide bonds. The van der Waals surface area contributed by atoms with Crippen molar-refractivity contribution in [1.82, 2.24) is 4.31 Å². The molecule has 2 aromatic rings. The molecular weight excluding hydrogens is 383 g/mol. The second-order valence-corrected chi connectivity index (χ2v) is 8.68. The van der Waals surface area contributed by atoms with Gasteiger partial charge in [-0.2, -0.15) is 4.31 Å². The Kier molecular flexibility index (Phi) is 6.00. The van der Waals surface area contributed by atoms with E-state index in [4.69, 9.17) is 4.74 Å². The number of hydrogen-bond acceptors (Lipinski definition) is 4. The highest BCUT2D eigenvalue weighted by atomic mass is 32.2. The summed E-state index contributed by atoms with van der Waals surface area (Å²) in [6.07, 6.45) is 2.70. The van der Waals surface area contributed by atoms with E-state index in [-0.39, 0.29) is 10.5 Å². The van der Waals surface area contributed by atoms with Gasteiger partial charge in [0.2, 0.25) is 10.0 Å². The topological polar surface area (TPSA) is 75.7 Å². The van der Waals surface area contributed by atoms with Gasteiger partial charge in [-0.15, -0.1) is 0 Å². The maximum atomic E-state index is 14.2. The third-order valence-corrected chi connectivity index (χ3v) is 6.73. The zero-order valence-electron chi connectivity index (χ0n) is 15.9. The highest BCUT2D eigenvalue weighted by Crippen LogP contribution is 2.26. The molecule has 1 fully saturated rings. The Morgan fingerprint density at radius 2 is 1.82 bits per heavy atom. The lowest BCUT2D eigenvalue weighted by atomic mass is 10.1. The van der Waals surface area contributed by atoms with E-state index in [9.17, 15) is 17.6 Å². The summed E-state index contributed by atoms with van der Waals surface area (Å²) in [6, 6.07) is 8.53. The Bertz CT molecular complexity index is 986. The number of rotatable bonds is 5. The van der Waals surface area contributed by atoms with Crippen LogP contribution in [-0.2, 0) is 10.0 Å². The SMILES string of the molecule is COc1ccc(C(=O)Nc2cc(S(=O)(=O)N3CCCCC3)ccc2C)c(F)c1. The fourth-order valence-corrected chi connectivity index (χ4v) is 4.69. The number of aryl methyl sites for hydroxylation is 1. The highest BCUT2D eigenvalue weighted by molar-refractivity contribution is 7.89. The fourth-order valence-electron chi connectivity index (χ4n) is 3.15. The number of hydrogen-bond donors (Lipinski definition) is 1. The molecule has 1 saturated heterocycles. The zero-order valence-corrected chi connectivity index (χ0v) is 16.7. The number of nitrogens with one attached hydrogen (secondary N) is 1. The summed E-state index contributed by atoms with van der Waals surface area (Å²) < 4.78 is 46.3. The molecule has 8 heteroatoms. The van der Waals surface area contributed by atoms with E-state index in [1.54, 1.807) is 13.0 Å². The van der Waals surface area contributed by atoms with Crippen molar-refractivity contribution in [2.75, 3.05) is 25.5 Å². The number of nitrogens with zero attached hydrogens (tertiary/aromatic N) is 1. The van der Waals surface area contributed by atoms with Gasteiger partial charge in [0.1, 0.15) is 11.6 Å². The molecule has 0 atom stereocenters. The summed E-state index contributed by atoms with van der Waals surface area (Å²) in [7, 11) is -2.22. The molecule has 28 heavy (non-hydrogen) atoms. The number of sulfonamides is 1. The second-order valence-electron chi connectivity index (χ2n) is 6.74. The quantitative estimate of drug-likeness (QED) is 0.824. The minimum absolute atomic E-state index is 0.116. The molecule has 1 aliphatic rings. The number of carbonyl (C=O) groups excluding carboxylic acids is 1.